The van der Waals surface area contributed by atoms with Gasteiger partial charge in [-0.05, 0) is 35.3 Å². The van der Waals surface area contributed by atoms with Gasteiger partial charge in [0.2, 0.25) is 0 Å². The van der Waals surface area contributed by atoms with Crippen molar-refractivity contribution in [3.05, 3.63) is 28.4 Å². The molecule has 2 N–H and O–H groups in total. The molecule has 0 atom stereocenters. The molecule has 3 nitrogen and oxygen atoms in total. The highest BCUT2D eigenvalue weighted by Gasteiger charge is 2.12. The van der Waals surface area contributed by atoms with Crippen LogP contribution in [0.5, 0.6) is 0 Å². The molecule has 0 unspecified atom stereocenters. The molecule has 0 aliphatic carbocycles. The van der Waals surface area contributed by atoms with Crippen LogP contribution in [0.3, 0.4) is 0 Å². The first-order valence-corrected chi connectivity index (χ1v) is 5.80. The molecule has 2 rings (SSSR count). The number of halogens is 1. The van der Waals surface area contributed by atoms with Crippen molar-refractivity contribution in [3.8, 4) is 0 Å². The number of nitrogens with two attached hydrogens (primary N) is 1. The van der Waals surface area contributed by atoms with E-state index in [1.54, 1.807) is 0 Å². The highest BCUT2D eigenvalue weighted by atomic mass is 79.9. The van der Waals surface area contributed by atoms with Gasteiger partial charge in [-0.1, -0.05) is 18.2 Å². The number of fused-ring (bicyclic) bond motifs is 1. The third kappa shape index (κ3) is 1.68. The predicted octanol–water partition coefficient (Wildman–Crippen LogP) is 2.84. The van der Waals surface area contributed by atoms with E-state index in [0.717, 1.165) is 21.1 Å². The van der Waals surface area contributed by atoms with Gasteiger partial charge in [-0.3, -0.25) is 4.68 Å². The van der Waals surface area contributed by atoms with Crippen LogP contribution in [0.25, 0.3) is 10.9 Å². The number of benzene rings is 1. The van der Waals surface area contributed by atoms with Gasteiger partial charge in [0.05, 0.1) is 5.52 Å². The van der Waals surface area contributed by atoms with Crippen LogP contribution in [0.2, 0.25) is 0 Å². The van der Waals surface area contributed by atoms with E-state index in [4.69, 9.17) is 5.73 Å². The quantitative estimate of drug-likeness (QED) is 0.910. The fraction of sp³-hybridized carbons (Fsp3) is 0.364. The summed E-state index contributed by atoms with van der Waals surface area (Å²) in [5.74, 6) is 0. The van der Waals surface area contributed by atoms with Crippen molar-refractivity contribution in [1.82, 2.24) is 9.78 Å². The fourth-order valence-electron chi connectivity index (χ4n) is 1.66. The highest BCUT2D eigenvalue weighted by Crippen LogP contribution is 2.28. The van der Waals surface area contributed by atoms with E-state index in [1.165, 1.54) is 0 Å². The van der Waals surface area contributed by atoms with Crippen LogP contribution in [0.15, 0.2) is 22.8 Å². The molecule has 0 radical (unpaired) electrons. The van der Waals surface area contributed by atoms with E-state index < -0.39 is 0 Å². The number of nitrogens with zero attached hydrogens (tertiary/aromatic N) is 2. The van der Waals surface area contributed by atoms with Crippen molar-refractivity contribution < 1.29 is 0 Å². The average Bonchev–Trinajstić information content (AvgIpc) is 2.56. The third-order valence-corrected chi connectivity index (χ3v) is 3.25. The first kappa shape index (κ1) is 10.6. The Balaban J connectivity index is 2.75. The molecule has 0 saturated heterocycles. The minimum atomic E-state index is 0.345. The SMILES string of the molecule is CC(C)n1nc2c(CN)cccc2c1Br. The van der Waals surface area contributed by atoms with Gasteiger partial charge in [-0.15, -0.1) is 0 Å². The maximum Gasteiger partial charge on any atom is 0.112 e. The lowest BCUT2D eigenvalue weighted by atomic mass is 10.1. The standard InChI is InChI=1S/C11H14BrN3/c1-7(2)15-11(12)9-5-3-4-8(6-13)10(9)14-15/h3-5,7H,6,13H2,1-2H3. The van der Waals surface area contributed by atoms with Crippen molar-refractivity contribution >= 4 is 26.8 Å². The third-order valence-electron chi connectivity index (χ3n) is 2.46. The maximum atomic E-state index is 5.69. The van der Waals surface area contributed by atoms with Crippen molar-refractivity contribution in [1.29, 1.82) is 0 Å². The molecule has 0 aliphatic rings. The van der Waals surface area contributed by atoms with Crippen LogP contribution in [0.4, 0.5) is 0 Å². The average molecular weight is 268 g/mol. The zero-order valence-corrected chi connectivity index (χ0v) is 10.5. The van der Waals surface area contributed by atoms with Gasteiger partial charge >= 0.3 is 0 Å². The van der Waals surface area contributed by atoms with Crippen molar-refractivity contribution in [2.24, 2.45) is 5.73 Å². The Morgan fingerprint density at radius 3 is 2.80 bits per heavy atom. The Hall–Kier alpha value is -0.870. The minimum absolute atomic E-state index is 0.345. The number of rotatable bonds is 2. The number of aromatic nitrogens is 2. The molecule has 15 heavy (non-hydrogen) atoms. The maximum absolute atomic E-state index is 5.69. The highest BCUT2D eigenvalue weighted by molar-refractivity contribution is 9.10. The second-order valence-electron chi connectivity index (χ2n) is 3.85. The van der Waals surface area contributed by atoms with Gasteiger partial charge < -0.3 is 5.73 Å². The Labute approximate surface area is 97.4 Å². The first-order chi connectivity index (χ1) is 7.15. The molecule has 0 amide bonds. The van der Waals surface area contributed by atoms with Crippen molar-refractivity contribution in [2.45, 2.75) is 26.4 Å². The zero-order valence-electron chi connectivity index (χ0n) is 8.87. The first-order valence-electron chi connectivity index (χ1n) is 5.00. The summed E-state index contributed by atoms with van der Waals surface area (Å²) in [6.45, 7) is 4.75. The second-order valence-corrected chi connectivity index (χ2v) is 4.60. The van der Waals surface area contributed by atoms with Crippen LogP contribution in [-0.4, -0.2) is 9.78 Å². The molecule has 0 spiro atoms. The van der Waals surface area contributed by atoms with Gasteiger partial charge in [-0.2, -0.15) is 5.10 Å². The Bertz CT molecular complexity index is 488. The van der Waals surface area contributed by atoms with Gasteiger partial charge in [0.1, 0.15) is 4.60 Å². The molecule has 1 heterocycles. The topological polar surface area (TPSA) is 43.8 Å². The Kier molecular flexibility index (Phi) is 2.80. The Morgan fingerprint density at radius 1 is 1.47 bits per heavy atom. The summed E-state index contributed by atoms with van der Waals surface area (Å²) >= 11 is 3.58. The molecule has 0 bridgehead atoms. The van der Waals surface area contributed by atoms with E-state index in [9.17, 15) is 0 Å². The molecule has 4 heteroatoms. The van der Waals surface area contributed by atoms with Crippen LogP contribution in [0.1, 0.15) is 25.5 Å². The molecule has 2 aromatic rings. The summed E-state index contributed by atoms with van der Waals surface area (Å²) < 4.78 is 3.01. The molecule has 1 aromatic carbocycles. The van der Waals surface area contributed by atoms with E-state index in [2.05, 4.69) is 40.9 Å². The summed E-state index contributed by atoms with van der Waals surface area (Å²) in [5, 5.41) is 5.70. The molecule has 80 valence electrons. The van der Waals surface area contributed by atoms with E-state index in [0.29, 0.717) is 12.6 Å². The van der Waals surface area contributed by atoms with Crippen molar-refractivity contribution in [3.63, 3.8) is 0 Å². The van der Waals surface area contributed by atoms with Gasteiger partial charge in [0.15, 0.2) is 0 Å². The van der Waals surface area contributed by atoms with Gasteiger partial charge in [-0.25, -0.2) is 0 Å². The molecular weight excluding hydrogens is 254 g/mol. The predicted molar refractivity (Wildman–Crippen MR) is 65.7 cm³/mol. The normalized spacial score (nSPS) is 11.5. The number of hydrogen-bond donors (Lipinski definition) is 1. The monoisotopic (exact) mass is 267 g/mol. The van der Waals surface area contributed by atoms with E-state index in [1.807, 2.05) is 16.8 Å². The zero-order chi connectivity index (χ0) is 11.0. The van der Waals surface area contributed by atoms with Crippen molar-refractivity contribution in [2.75, 3.05) is 0 Å². The Morgan fingerprint density at radius 2 is 2.20 bits per heavy atom. The van der Waals surface area contributed by atoms with E-state index in [-0.39, 0.29) is 0 Å². The molecule has 0 aliphatic heterocycles. The van der Waals surface area contributed by atoms with Crippen LogP contribution >= 0.6 is 15.9 Å². The lowest BCUT2D eigenvalue weighted by Gasteiger charge is -2.05. The van der Waals surface area contributed by atoms with Crippen LogP contribution in [-0.2, 0) is 6.54 Å². The largest absolute Gasteiger partial charge is 0.326 e. The summed E-state index contributed by atoms with van der Waals surface area (Å²) in [7, 11) is 0. The van der Waals surface area contributed by atoms with Gasteiger partial charge in [0, 0.05) is 18.0 Å². The number of hydrogen-bond acceptors (Lipinski definition) is 2. The lowest BCUT2D eigenvalue weighted by Crippen LogP contribution is -2.03. The minimum Gasteiger partial charge on any atom is -0.326 e. The summed E-state index contributed by atoms with van der Waals surface area (Å²) in [6.07, 6.45) is 0. The molecule has 1 aromatic heterocycles. The molecule has 0 fully saturated rings. The second kappa shape index (κ2) is 3.94. The summed E-state index contributed by atoms with van der Waals surface area (Å²) in [5.41, 5.74) is 7.78. The van der Waals surface area contributed by atoms with Crippen LogP contribution < -0.4 is 5.73 Å². The smallest absolute Gasteiger partial charge is 0.112 e. The molecular formula is C11H14BrN3. The fourth-order valence-corrected chi connectivity index (χ4v) is 2.47. The lowest BCUT2D eigenvalue weighted by molar-refractivity contribution is 0.527. The van der Waals surface area contributed by atoms with E-state index >= 15 is 0 Å². The van der Waals surface area contributed by atoms with Crippen LogP contribution in [0, 0.1) is 0 Å². The summed E-state index contributed by atoms with van der Waals surface area (Å²) in [6, 6.07) is 6.44. The molecule has 0 saturated carbocycles. The van der Waals surface area contributed by atoms with Gasteiger partial charge in [0.25, 0.3) is 0 Å². The summed E-state index contributed by atoms with van der Waals surface area (Å²) in [4.78, 5) is 0.